The van der Waals surface area contributed by atoms with Crippen LogP contribution in [0.2, 0.25) is 0 Å². The lowest BCUT2D eigenvalue weighted by Gasteiger charge is -2.29. The van der Waals surface area contributed by atoms with Gasteiger partial charge in [0.2, 0.25) is 5.96 Å². The van der Waals surface area contributed by atoms with Crippen LogP contribution in [0.15, 0.2) is 9.29 Å². The number of hydrogen-bond donors (Lipinski definition) is 0. The molecule has 0 atom stereocenters. The summed E-state index contributed by atoms with van der Waals surface area (Å²) in [6.07, 6.45) is -0.807. The second-order valence-electron chi connectivity index (χ2n) is 5.10. The third-order valence-electron chi connectivity index (χ3n) is 3.95. The van der Waals surface area contributed by atoms with Crippen molar-refractivity contribution in [3.63, 3.8) is 0 Å². The highest BCUT2D eigenvalue weighted by Gasteiger charge is 2.38. The standard InChI is InChI=1S/C14H18N3O4S/c1-6-21-14(18)17-11-9(4)7(2)8(3)10(5)12(11)22(19,20)16-13(17)15/h15H,6H2,1-5H3. The molecule has 2 rings (SSSR count). The van der Waals surface area contributed by atoms with E-state index in [4.69, 9.17) is 10.5 Å². The SMILES string of the molecule is CCOC(=O)N1C([NH])=NS(=O)(=O)c2c(C)c(C)c(C)c(C)c21. The minimum absolute atomic E-state index is 0.0304. The summed E-state index contributed by atoms with van der Waals surface area (Å²) in [4.78, 5) is 13.0. The van der Waals surface area contributed by atoms with Crippen LogP contribution in [0.25, 0.3) is 0 Å². The van der Waals surface area contributed by atoms with Gasteiger partial charge in [-0.25, -0.2) is 9.69 Å². The lowest BCUT2D eigenvalue weighted by atomic mass is 9.97. The van der Waals surface area contributed by atoms with Gasteiger partial charge in [-0.15, -0.1) is 4.40 Å². The topological polar surface area (TPSA) is 99.8 Å². The molecule has 0 fully saturated rings. The van der Waals surface area contributed by atoms with E-state index in [1.54, 1.807) is 20.8 Å². The molecule has 1 aliphatic rings. The van der Waals surface area contributed by atoms with Crippen molar-refractivity contribution >= 4 is 27.8 Å². The van der Waals surface area contributed by atoms with Gasteiger partial charge in [-0.05, 0) is 56.9 Å². The Labute approximate surface area is 129 Å². The van der Waals surface area contributed by atoms with Gasteiger partial charge >= 0.3 is 6.09 Å². The Morgan fingerprint density at radius 3 is 2.23 bits per heavy atom. The molecule has 8 heteroatoms. The molecule has 0 spiro atoms. The van der Waals surface area contributed by atoms with E-state index in [9.17, 15) is 13.2 Å². The molecule has 1 radical (unpaired) electrons. The largest absolute Gasteiger partial charge is 0.449 e. The monoisotopic (exact) mass is 324 g/mol. The molecule has 1 aromatic carbocycles. The summed E-state index contributed by atoms with van der Waals surface area (Å²) in [5.74, 6) is -0.656. The van der Waals surface area contributed by atoms with Gasteiger partial charge in [0.25, 0.3) is 10.0 Å². The van der Waals surface area contributed by atoms with Crippen molar-refractivity contribution in [1.29, 1.82) is 0 Å². The molecule has 1 aromatic rings. The molecule has 0 bridgehead atoms. The summed E-state index contributed by atoms with van der Waals surface area (Å²) in [6.45, 7) is 8.82. The minimum atomic E-state index is -4.01. The third kappa shape index (κ3) is 2.23. The highest BCUT2D eigenvalue weighted by molar-refractivity contribution is 7.90. The lowest BCUT2D eigenvalue weighted by Crippen LogP contribution is -2.42. The summed E-state index contributed by atoms with van der Waals surface area (Å²) < 4.78 is 33.0. The van der Waals surface area contributed by atoms with E-state index in [0.29, 0.717) is 11.1 Å². The van der Waals surface area contributed by atoms with E-state index in [2.05, 4.69) is 4.40 Å². The lowest BCUT2D eigenvalue weighted by molar-refractivity contribution is 0.163. The quantitative estimate of drug-likeness (QED) is 0.790. The number of nitrogens with zero attached hydrogens (tertiary/aromatic N) is 2. The summed E-state index contributed by atoms with van der Waals surface area (Å²) in [7, 11) is -4.01. The number of nitrogens with one attached hydrogen (secondary N) is 1. The highest BCUT2D eigenvalue weighted by atomic mass is 32.2. The Morgan fingerprint density at radius 1 is 1.14 bits per heavy atom. The fourth-order valence-corrected chi connectivity index (χ4v) is 3.94. The Hall–Kier alpha value is -2.09. The van der Waals surface area contributed by atoms with E-state index in [-0.39, 0.29) is 17.2 Å². The molecule has 0 saturated heterocycles. The van der Waals surface area contributed by atoms with Crippen molar-refractivity contribution in [3.05, 3.63) is 22.3 Å². The molecule has 0 saturated carbocycles. The zero-order valence-electron chi connectivity index (χ0n) is 13.1. The van der Waals surface area contributed by atoms with Crippen LogP contribution in [0.4, 0.5) is 10.5 Å². The van der Waals surface area contributed by atoms with Crippen LogP contribution >= 0.6 is 0 Å². The van der Waals surface area contributed by atoms with Gasteiger partial charge in [0.1, 0.15) is 4.90 Å². The number of fused-ring (bicyclic) bond motifs is 1. The molecular formula is C14H18N3O4S. The number of carbonyl (C=O) groups excluding carboxylic acids is 1. The zero-order valence-corrected chi connectivity index (χ0v) is 14.0. The Balaban J connectivity index is 2.90. The van der Waals surface area contributed by atoms with Gasteiger partial charge in [-0.1, -0.05) is 0 Å². The van der Waals surface area contributed by atoms with E-state index in [1.807, 2.05) is 13.8 Å². The zero-order chi connectivity index (χ0) is 16.8. The predicted octanol–water partition coefficient (Wildman–Crippen LogP) is 2.22. The Morgan fingerprint density at radius 2 is 1.68 bits per heavy atom. The van der Waals surface area contributed by atoms with Crippen LogP contribution in [-0.4, -0.2) is 27.1 Å². The number of hydrogen-bond acceptors (Lipinski definition) is 4. The molecule has 0 aromatic heterocycles. The molecule has 1 amide bonds. The van der Waals surface area contributed by atoms with Crippen LogP contribution in [0.1, 0.15) is 29.2 Å². The van der Waals surface area contributed by atoms with Crippen molar-refractivity contribution < 1.29 is 17.9 Å². The molecule has 0 aliphatic carbocycles. The van der Waals surface area contributed by atoms with Crippen LogP contribution in [0.3, 0.4) is 0 Å². The fourth-order valence-electron chi connectivity index (χ4n) is 2.52. The predicted molar refractivity (Wildman–Crippen MR) is 82.6 cm³/mol. The van der Waals surface area contributed by atoms with Gasteiger partial charge in [0, 0.05) is 0 Å². The first-order valence-electron chi connectivity index (χ1n) is 6.77. The summed E-state index contributed by atoms with van der Waals surface area (Å²) in [5.41, 5.74) is 10.8. The van der Waals surface area contributed by atoms with Gasteiger partial charge < -0.3 is 4.74 Å². The van der Waals surface area contributed by atoms with Crippen molar-refractivity contribution in [2.75, 3.05) is 11.5 Å². The van der Waals surface area contributed by atoms with Crippen molar-refractivity contribution in [3.8, 4) is 0 Å². The Kier molecular flexibility index (Phi) is 3.90. The summed E-state index contributed by atoms with van der Waals surface area (Å²) in [5, 5.41) is 0. The van der Waals surface area contributed by atoms with Crippen LogP contribution in [-0.2, 0) is 14.8 Å². The molecule has 1 N–H and O–H groups in total. The maximum absolute atomic E-state index is 12.4. The number of carbonyl (C=O) groups is 1. The van der Waals surface area contributed by atoms with Crippen molar-refractivity contribution in [2.24, 2.45) is 4.40 Å². The number of benzene rings is 1. The van der Waals surface area contributed by atoms with Crippen molar-refractivity contribution in [1.82, 2.24) is 5.73 Å². The first kappa shape index (κ1) is 16.3. The number of guanidine groups is 1. The van der Waals surface area contributed by atoms with E-state index in [0.717, 1.165) is 16.0 Å². The average molecular weight is 324 g/mol. The fraction of sp³-hybridized carbons (Fsp3) is 0.429. The second kappa shape index (κ2) is 5.28. The maximum atomic E-state index is 12.4. The average Bonchev–Trinajstić information content (AvgIpc) is 2.41. The Bertz CT molecular complexity index is 797. The van der Waals surface area contributed by atoms with E-state index >= 15 is 0 Å². The number of sulfonamides is 1. The molecule has 119 valence electrons. The molecule has 1 heterocycles. The van der Waals surface area contributed by atoms with Crippen LogP contribution in [0.5, 0.6) is 0 Å². The molecular weight excluding hydrogens is 306 g/mol. The van der Waals surface area contributed by atoms with Gasteiger partial charge in [0.05, 0.1) is 12.3 Å². The third-order valence-corrected chi connectivity index (χ3v) is 5.38. The van der Waals surface area contributed by atoms with Crippen molar-refractivity contribution in [2.45, 2.75) is 39.5 Å². The van der Waals surface area contributed by atoms with E-state index in [1.165, 1.54) is 0 Å². The molecule has 1 aliphatic heterocycles. The first-order chi connectivity index (χ1) is 10.1. The summed E-state index contributed by atoms with van der Waals surface area (Å²) >= 11 is 0. The second-order valence-corrected chi connectivity index (χ2v) is 6.64. The van der Waals surface area contributed by atoms with Gasteiger partial charge in [-0.2, -0.15) is 8.42 Å². The minimum Gasteiger partial charge on any atom is -0.449 e. The smallest absolute Gasteiger partial charge is 0.421 e. The number of amides is 1. The van der Waals surface area contributed by atoms with Gasteiger partial charge in [0.15, 0.2) is 0 Å². The highest BCUT2D eigenvalue weighted by Crippen LogP contribution is 2.40. The van der Waals surface area contributed by atoms with Gasteiger partial charge in [-0.3, -0.25) is 5.73 Å². The molecule has 22 heavy (non-hydrogen) atoms. The first-order valence-corrected chi connectivity index (χ1v) is 8.21. The normalized spacial score (nSPS) is 16.0. The van der Waals surface area contributed by atoms with E-state index < -0.39 is 22.1 Å². The number of rotatable bonds is 1. The molecule has 0 unspecified atom stereocenters. The maximum Gasteiger partial charge on any atom is 0.421 e. The number of ether oxygens (including phenoxy) is 1. The number of anilines is 1. The molecule has 7 nitrogen and oxygen atoms in total. The summed E-state index contributed by atoms with van der Waals surface area (Å²) in [6, 6.07) is 0. The van der Waals surface area contributed by atoms with Crippen LogP contribution < -0.4 is 10.6 Å². The van der Waals surface area contributed by atoms with Crippen LogP contribution in [0, 0.1) is 27.7 Å².